The molecule has 0 radical (unpaired) electrons. The lowest BCUT2D eigenvalue weighted by Crippen LogP contribution is -2.71. The van der Waals surface area contributed by atoms with Crippen LogP contribution in [0.25, 0.3) is 0 Å². The molecule has 1 saturated heterocycles. The minimum atomic E-state index is -2.21. The van der Waals surface area contributed by atoms with Gasteiger partial charge in [0.15, 0.2) is 0 Å². The van der Waals surface area contributed by atoms with Gasteiger partial charge < -0.3 is 12.3 Å². The summed E-state index contributed by atoms with van der Waals surface area (Å²) in [6.45, 7) is 16.9. The Morgan fingerprint density at radius 1 is 0.750 bits per heavy atom. The Labute approximate surface area is 103 Å². The van der Waals surface area contributed by atoms with Crippen LogP contribution in [0.2, 0.25) is 32.7 Å². The van der Waals surface area contributed by atoms with Crippen LogP contribution in [0.1, 0.15) is 13.8 Å². The molecule has 0 atom stereocenters. The topological polar surface area (TPSA) is 30.9 Å². The van der Waals surface area contributed by atoms with Gasteiger partial charge in [-0.15, -0.1) is 0 Å². The molecule has 16 heavy (non-hydrogen) atoms. The van der Waals surface area contributed by atoms with E-state index in [2.05, 4.69) is 51.1 Å². The molecule has 0 spiro atoms. The molecule has 1 rings (SSSR count). The standard InChI is InChI=1S/C9H25NO3Si3/c1-8-10(9-2)16(7)12-14(3,4)11-15(5,6)13-16/h8-9H2,1-7H3. The van der Waals surface area contributed by atoms with Gasteiger partial charge in [0.2, 0.25) is 0 Å². The number of rotatable bonds is 3. The van der Waals surface area contributed by atoms with Crippen molar-refractivity contribution in [2.45, 2.75) is 46.6 Å². The molecule has 0 aliphatic carbocycles. The fraction of sp³-hybridized carbons (Fsp3) is 1.00. The normalized spacial score (nSPS) is 27.0. The Bertz CT molecular complexity index is 240. The van der Waals surface area contributed by atoms with Crippen molar-refractivity contribution >= 4 is 25.8 Å². The molecule has 0 amide bonds. The second-order valence-electron chi connectivity index (χ2n) is 5.18. The SMILES string of the molecule is CCN(CC)[Si]1(C)O[Si](C)(C)O[Si](C)(C)O1. The maximum Gasteiger partial charge on any atom is 0.406 e. The zero-order valence-corrected chi connectivity index (χ0v) is 14.6. The molecule has 1 heterocycles. The van der Waals surface area contributed by atoms with Crippen molar-refractivity contribution in [3.05, 3.63) is 0 Å². The first-order valence-corrected chi connectivity index (χ1v) is 13.9. The molecule has 7 heteroatoms. The van der Waals surface area contributed by atoms with E-state index in [1.165, 1.54) is 0 Å². The Morgan fingerprint density at radius 2 is 1.12 bits per heavy atom. The summed E-state index contributed by atoms with van der Waals surface area (Å²) in [5.41, 5.74) is 0. The summed E-state index contributed by atoms with van der Waals surface area (Å²) in [5, 5.41) is 0. The fourth-order valence-corrected chi connectivity index (χ4v) is 18.3. The third-order valence-corrected chi connectivity index (χ3v) is 15.4. The highest BCUT2D eigenvalue weighted by atomic mass is 28.5. The van der Waals surface area contributed by atoms with Gasteiger partial charge in [0.05, 0.1) is 0 Å². The lowest BCUT2D eigenvalue weighted by Gasteiger charge is -2.50. The largest absolute Gasteiger partial charge is 0.416 e. The van der Waals surface area contributed by atoms with Gasteiger partial charge in [-0.05, 0) is 45.8 Å². The lowest BCUT2D eigenvalue weighted by molar-refractivity contribution is 0.177. The van der Waals surface area contributed by atoms with Crippen LogP contribution in [-0.2, 0) is 12.3 Å². The molecule has 4 nitrogen and oxygen atoms in total. The van der Waals surface area contributed by atoms with Crippen LogP contribution >= 0.6 is 0 Å². The summed E-state index contributed by atoms with van der Waals surface area (Å²) in [4.78, 5) is 0. The number of hydrogen-bond acceptors (Lipinski definition) is 4. The highest BCUT2D eigenvalue weighted by molar-refractivity contribution is 6.91. The zero-order valence-electron chi connectivity index (χ0n) is 11.6. The van der Waals surface area contributed by atoms with Crippen LogP contribution in [0.5, 0.6) is 0 Å². The summed E-state index contributed by atoms with van der Waals surface area (Å²) in [5.74, 6) is 0. The summed E-state index contributed by atoms with van der Waals surface area (Å²) in [6.07, 6.45) is 0. The Balaban J connectivity index is 2.95. The van der Waals surface area contributed by atoms with Crippen molar-refractivity contribution < 1.29 is 12.3 Å². The maximum absolute atomic E-state index is 6.23. The summed E-state index contributed by atoms with van der Waals surface area (Å²) in [7, 11) is -6.20. The third-order valence-electron chi connectivity index (χ3n) is 2.70. The molecule has 96 valence electrons. The minimum Gasteiger partial charge on any atom is -0.416 e. The summed E-state index contributed by atoms with van der Waals surface area (Å²) < 4.78 is 20.9. The van der Waals surface area contributed by atoms with Crippen molar-refractivity contribution in [2.24, 2.45) is 0 Å². The molecule has 1 aliphatic heterocycles. The minimum absolute atomic E-state index is 0.980. The summed E-state index contributed by atoms with van der Waals surface area (Å²) >= 11 is 0. The van der Waals surface area contributed by atoms with Gasteiger partial charge in [-0.2, -0.15) is 0 Å². The molecular weight excluding hydrogens is 254 g/mol. The summed E-state index contributed by atoms with van der Waals surface area (Å²) in [6, 6.07) is 0. The first kappa shape index (κ1) is 14.6. The van der Waals surface area contributed by atoms with Gasteiger partial charge in [-0.3, -0.25) is 4.57 Å². The molecule has 1 aliphatic rings. The van der Waals surface area contributed by atoms with Gasteiger partial charge in [0, 0.05) is 0 Å². The van der Waals surface area contributed by atoms with Crippen LogP contribution in [-0.4, -0.2) is 43.5 Å². The highest BCUT2D eigenvalue weighted by Gasteiger charge is 2.55. The molecule has 0 saturated carbocycles. The molecule has 0 N–H and O–H groups in total. The molecule has 0 unspecified atom stereocenters. The maximum atomic E-state index is 6.23. The van der Waals surface area contributed by atoms with Crippen molar-refractivity contribution in [1.29, 1.82) is 0 Å². The van der Waals surface area contributed by atoms with Crippen molar-refractivity contribution in [3.8, 4) is 0 Å². The highest BCUT2D eigenvalue weighted by Crippen LogP contribution is 2.32. The average molecular weight is 280 g/mol. The van der Waals surface area contributed by atoms with Crippen LogP contribution in [0.15, 0.2) is 0 Å². The molecule has 0 aromatic rings. The van der Waals surface area contributed by atoms with Crippen LogP contribution in [0.3, 0.4) is 0 Å². The quantitative estimate of drug-likeness (QED) is 0.742. The lowest BCUT2D eigenvalue weighted by atomic mass is 10.7. The predicted molar refractivity (Wildman–Crippen MR) is 72.8 cm³/mol. The molecule has 0 aromatic carbocycles. The van der Waals surface area contributed by atoms with Gasteiger partial charge in [-0.1, -0.05) is 13.8 Å². The van der Waals surface area contributed by atoms with E-state index in [9.17, 15) is 0 Å². The molecule has 0 bridgehead atoms. The van der Waals surface area contributed by atoms with E-state index in [-0.39, 0.29) is 0 Å². The van der Waals surface area contributed by atoms with Gasteiger partial charge in [0.25, 0.3) is 0 Å². The fourth-order valence-electron chi connectivity index (χ4n) is 2.49. The van der Waals surface area contributed by atoms with E-state index in [1.807, 2.05) is 0 Å². The first-order valence-electron chi connectivity index (χ1n) is 6.00. The van der Waals surface area contributed by atoms with Gasteiger partial charge in [0.1, 0.15) is 0 Å². The van der Waals surface area contributed by atoms with Crippen LogP contribution < -0.4 is 0 Å². The third kappa shape index (κ3) is 3.25. The predicted octanol–water partition coefficient (Wildman–Crippen LogP) is 2.36. The Morgan fingerprint density at radius 3 is 1.44 bits per heavy atom. The van der Waals surface area contributed by atoms with E-state index >= 15 is 0 Å². The van der Waals surface area contributed by atoms with Crippen molar-refractivity contribution in [3.63, 3.8) is 0 Å². The first-order chi connectivity index (χ1) is 7.14. The van der Waals surface area contributed by atoms with E-state index in [1.54, 1.807) is 0 Å². The van der Waals surface area contributed by atoms with Gasteiger partial charge in [-0.25, -0.2) is 0 Å². The smallest absolute Gasteiger partial charge is 0.406 e. The average Bonchev–Trinajstić information content (AvgIpc) is 1.97. The van der Waals surface area contributed by atoms with Crippen molar-refractivity contribution in [2.75, 3.05) is 13.1 Å². The van der Waals surface area contributed by atoms with Crippen molar-refractivity contribution in [1.82, 2.24) is 4.57 Å². The van der Waals surface area contributed by atoms with E-state index in [4.69, 9.17) is 12.3 Å². The van der Waals surface area contributed by atoms with Crippen LogP contribution in [0.4, 0.5) is 0 Å². The number of hydrogen-bond donors (Lipinski definition) is 0. The Hall–Kier alpha value is 0.491. The zero-order chi connectivity index (χ0) is 12.6. The van der Waals surface area contributed by atoms with E-state index in [0.29, 0.717) is 0 Å². The monoisotopic (exact) mass is 279 g/mol. The second-order valence-corrected chi connectivity index (χ2v) is 15.7. The van der Waals surface area contributed by atoms with E-state index in [0.717, 1.165) is 13.1 Å². The Kier molecular flexibility index (Phi) is 4.22. The van der Waals surface area contributed by atoms with E-state index < -0.39 is 25.8 Å². The van der Waals surface area contributed by atoms with Gasteiger partial charge >= 0.3 is 25.8 Å². The number of nitrogens with zero attached hydrogens (tertiary/aromatic N) is 1. The molecular formula is C9H25NO3Si3. The second kappa shape index (κ2) is 4.64. The molecule has 0 aromatic heterocycles. The van der Waals surface area contributed by atoms with Crippen LogP contribution in [0, 0.1) is 0 Å². The molecule has 1 fully saturated rings.